The molecule has 1 unspecified atom stereocenters. The lowest BCUT2D eigenvalue weighted by Gasteiger charge is -2.14. The van der Waals surface area contributed by atoms with Crippen molar-refractivity contribution in [2.24, 2.45) is 5.41 Å². The number of halogens is 2. The van der Waals surface area contributed by atoms with Crippen LogP contribution in [0, 0.1) is 5.41 Å². The van der Waals surface area contributed by atoms with Crippen LogP contribution < -0.4 is 20.3 Å². The van der Waals surface area contributed by atoms with Crippen LogP contribution in [-0.4, -0.2) is 29.9 Å². The molecule has 1 fully saturated rings. The number of alkyl halides is 2. The van der Waals surface area contributed by atoms with E-state index in [-0.39, 0.29) is 0 Å². The van der Waals surface area contributed by atoms with Gasteiger partial charge in [0.1, 0.15) is 4.33 Å². The van der Waals surface area contributed by atoms with Gasteiger partial charge in [-0.05, 0) is 38.0 Å². The van der Waals surface area contributed by atoms with Crippen molar-refractivity contribution in [2.45, 2.75) is 31.0 Å². The Balaban J connectivity index is 1.98. The minimum absolute atomic E-state index is 0.319. The van der Waals surface area contributed by atoms with Gasteiger partial charge in [-0.1, -0.05) is 6.92 Å². The first-order valence-electron chi connectivity index (χ1n) is 7.54. The van der Waals surface area contributed by atoms with E-state index in [1.54, 1.807) is 25.1 Å². The maximum absolute atomic E-state index is 12.2. The molecule has 1 aromatic carbocycles. The molecule has 8 heteroatoms. The van der Waals surface area contributed by atoms with E-state index in [1.165, 1.54) is 7.11 Å². The molecular formula is C16H20Cl2N2O4. The molecule has 0 spiro atoms. The smallest absolute Gasteiger partial charge is 0.269 e. The Morgan fingerprint density at radius 2 is 1.92 bits per heavy atom. The molecule has 132 valence electrons. The summed E-state index contributed by atoms with van der Waals surface area (Å²) in [4.78, 5) is 24.2. The van der Waals surface area contributed by atoms with Gasteiger partial charge in [0.05, 0.1) is 19.1 Å². The van der Waals surface area contributed by atoms with Crippen LogP contribution in [0.4, 0.5) is 0 Å². The highest BCUT2D eigenvalue weighted by Gasteiger charge is 2.68. The highest BCUT2D eigenvalue weighted by atomic mass is 35.5. The molecule has 0 aromatic heterocycles. The zero-order valence-electron chi connectivity index (χ0n) is 13.7. The van der Waals surface area contributed by atoms with Gasteiger partial charge in [-0.2, -0.15) is 0 Å². The molecule has 2 rings (SSSR count). The van der Waals surface area contributed by atoms with E-state index in [0.29, 0.717) is 30.1 Å². The van der Waals surface area contributed by atoms with E-state index in [0.717, 1.165) is 6.42 Å². The summed E-state index contributed by atoms with van der Waals surface area (Å²) in [7, 11) is 1.49. The molecule has 0 aliphatic heterocycles. The standard InChI is InChI=1S/C16H20Cl2N2O4/c1-4-7-24-11-6-5-10(8-12(11)23-3)13(21)19-20-14(22)15(2)9-16(15,17)18/h5-6,8H,4,7,9H2,1-3H3,(H,19,21)(H,20,22). The van der Waals surface area contributed by atoms with Crippen LogP contribution in [0.3, 0.4) is 0 Å². The number of hydrazine groups is 1. The maximum Gasteiger partial charge on any atom is 0.269 e. The zero-order chi connectivity index (χ0) is 18.0. The summed E-state index contributed by atoms with van der Waals surface area (Å²) in [6.45, 7) is 4.18. The lowest BCUT2D eigenvalue weighted by Crippen LogP contribution is -2.45. The molecule has 0 radical (unpaired) electrons. The number of nitrogens with one attached hydrogen (secondary N) is 2. The van der Waals surface area contributed by atoms with Crippen molar-refractivity contribution in [1.82, 2.24) is 10.9 Å². The third kappa shape index (κ3) is 3.70. The largest absolute Gasteiger partial charge is 0.493 e. The van der Waals surface area contributed by atoms with Crippen molar-refractivity contribution in [3.8, 4) is 11.5 Å². The van der Waals surface area contributed by atoms with Crippen LogP contribution in [-0.2, 0) is 4.79 Å². The monoisotopic (exact) mass is 374 g/mol. The second-order valence-electron chi connectivity index (χ2n) is 5.84. The Bertz CT molecular complexity index is 651. The Hall–Kier alpha value is -1.66. The van der Waals surface area contributed by atoms with Crippen LogP contribution in [0.25, 0.3) is 0 Å². The molecular weight excluding hydrogens is 355 g/mol. The predicted molar refractivity (Wildman–Crippen MR) is 91.5 cm³/mol. The number of carbonyl (C=O) groups is 2. The average molecular weight is 375 g/mol. The summed E-state index contributed by atoms with van der Waals surface area (Å²) in [6.07, 6.45) is 1.20. The lowest BCUT2D eigenvalue weighted by atomic mass is 10.1. The third-order valence-electron chi connectivity index (χ3n) is 3.94. The summed E-state index contributed by atoms with van der Waals surface area (Å²) in [5.41, 5.74) is 4.11. The SMILES string of the molecule is CCCOc1ccc(C(=O)NNC(=O)C2(C)CC2(Cl)Cl)cc1OC. The fourth-order valence-corrected chi connectivity index (χ4v) is 2.82. The van der Waals surface area contributed by atoms with Gasteiger partial charge < -0.3 is 9.47 Å². The molecule has 2 N–H and O–H groups in total. The van der Waals surface area contributed by atoms with Gasteiger partial charge in [0.15, 0.2) is 11.5 Å². The van der Waals surface area contributed by atoms with Crippen LogP contribution in [0.2, 0.25) is 0 Å². The van der Waals surface area contributed by atoms with Gasteiger partial charge in [-0.25, -0.2) is 0 Å². The second kappa shape index (κ2) is 7.07. The molecule has 0 heterocycles. The minimum atomic E-state index is -1.09. The van der Waals surface area contributed by atoms with Crippen molar-refractivity contribution < 1.29 is 19.1 Å². The van der Waals surface area contributed by atoms with Crippen molar-refractivity contribution in [1.29, 1.82) is 0 Å². The third-order valence-corrected chi connectivity index (χ3v) is 5.04. The quantitative estimate of drug-likeness (QED) is 0.592. The number of rotatable bonds is 6. The molecule has 1 aliphatic rings. The Kier molecular flexibility index (Phi) is 5.50. The van der Waals surface area contributed by atoms with Gasteiger partial charge in [-0.15, -0.1) is 23.2 Å². The Morgan fingerprint density at radius 1 is 1.25 bits per heavy atom. The number of carbonyl (C=O) groups excluding carboxylic acids is 2. The van der Waals surface area contributed by atoms with Crippen molar-refractivity contribution in [2.75, 3.05) is 13.7 Å². The summed E-state index contributed by atoms with van der Waals surface area (Å²) >= 11 is 11.9. The number of hydrogen-bond donors (Lipinski definition) is 2. The number of ether oxygens (including phenoxy) is 2. The maximum atomic E-state index is 12.2. The highest BCUT2D eigenvalue weighted by molar-refractivity contribution is 6.53. The average Bonchev–Trinajstić information content (AvgIpc) is 3.09. The molecule has 24 heavy (non-hydrogen) atoms. The number of benzene rings is 1. The topological polar surface area (TPSA) is 76.7 Å². The van der Waals surface area contributed by atoms with Crippen LogP contribution >= 0.6 is 23.2 Å². The molecule has 6 nitrogen and oxygen atoms in total. The van der Waals surface area contributed by atoms with Crippen molar-refractivity contribution in [3.63, 3.8) is 0 Å². The highest BCUT2D eigenvalue weighted by Crippen LogP contribution is 2.63. The molecule has 1 saturated carbocycles. The van der Waals surface area contributed by atoms with E-state index in [1.807, 2.05) is 6.92 Å². The van der Waals surface area contributed by atoms with E-state index < -0.39 is 21.6 Å². The summed E-state index contributed by atoms with van der Waals surface area (Å²) in [5.74, 6) is 0.0787. The van der Waals surface area contributed by atoms with E-state index in [4.69, 9.17) is 32.7 Å². The first kappa shape index (κ1) is 18.7. The Labute approximate surface area is 150 Å². The minimum Gasteiger partial charge on any atom is -0.493 e. The van der Waals surface area contributed by atoms with E-state index in [9.17, 15) is 9.59 Å². The molecule has 1 aliphatic carbocycles. The van der Waals surface area contributed by atoms with Gasteiger partial charge in [0, 0.05) is 5.56 Å². The van der Waals surface area contributed by atoms with E-state index in [2.05, 4.69) is 10.9 Å². The fourth-order valence-electron chi connectivity index (χ4n) is 2.11. The summed E-state index contributed by atoms with van der Waals surface area (Å²) in [6, 6.07) is 4.77. The van der Waals surface area contributed by atoms with Crippen LogP contribution in [0.15, 0.2) is 18.2 Å². The predicted octanol–water partition coefficient (Wildman–Crippen LogP) is 2.83. The molecule has 0 saturated heterocycles. The zero-order valence-corrected chi connectivity index (χ0v) is 15.3. The summed E-state index contributed by atoms with van der Waals surface area (Å²) < 4.78 is 9.66. The van der Waals surface area contributed by atoms with E-state index >= 15 is 0 Å². The normalized spacial score (nSPS) is 20.9. The molecule has 1 aromatic rings. The van der Waals surface area contributed by atoms with Crippen LogP contribution in [0.1, 0.15) is 37.0 Å². The lowest BCUT2D eigenvalue weighted by molar-refractivity contribution is -0.126. The molecule has 1 atom stereocenters. The van der Waals surface area contributed by atoms with Gasteiger partial charge in [0.2, 0.25) is 5.91 Å². The van der Waals surface area contributed by atoms with Gasteiger partial charge in [0.25, 0.3) is 5.91 Å². The molecule has 2 amide bonds. The van der Waals surface area contributed by atoms with Crippen molar-refractivity contribution >= 4 is 35.0 Å². The number of methoxy groups -OCH3 is 1. The Morgan fingerprint density at radius 3 is 2.46 bits per heavy atom. The molecule has 0 bridgehead atoms. The first-order chi connectivity index (χ1) is 11.2. The number of amides is 2. The number of hydrogen-bond acceptors (Lipinski definition) is 4. The van der Waals surface area contributed by atoms with Gasteiger partial charge in [-0.3, -0.25) is 20.4 Å². The van der Waals surface area contributed by atoms with Gasteiger partial charge >= 0.3 is 0 Å². The summed E-state index contributed by atoms with van der Waals surface area (Å²) in [5, 5.41) is 0. The fraction of sp³-hybridized carbons (Fsp3) is 0.500. The first-order valence-corrected chi connectivity index (χ1v) is 8.30. The second-order valence-corrected chi connectivity index (χ2v) is 7.32. The van der Waals surface area contributed by atoms with Crippen molar-refractivity contribution in [3.05, 3.63) is 23.8 Å². The van der Waals surface area contributed by atoms with Crippen LogP contribution in [0.5, 0.6) is 11.5 Å².